The van der Waals surface area contributed by atoms with E-state index in [-0.39, 0.29) is 0 Å². The summed E-state index contributed by atoms with van der Waals surface area (Å²) in [5, 5.41) is 9.02. The van der Waals surface area contributed by atoms with Gasteiger partial charge in [0.15, 0.2) is 0 Å². The van der Waals surface area contributed by atoms with Gasteiger partial charge in [-0.15, -0.1) is 0 Å². The van der Waals surface area contributed by atoms with Crippen LogP contribution in [0.1, 0.15) is 0 Å². The summed E-state index contributed by atoms with van der Waals surface area (Å²) in [5.41, 5.74) is 0. The molecule has 0 fully saturated rings. The van der Waals surface area contributed by atoms with Crippen molar-refractivity contribution in [3.63, 3.8) is 0 Å². The summed E-state index contributed by atoms with van der Waals surface area (Å²) in [4.78, 5) is 9.02. The van der Waals surface area contributed by atoms with Crippen LogP contribution in [0.25, 0.3) is 0 Å². The average molecular weight is 109 g/mol. The smallest absolute Gasteiger partial charge is 0.142 e. The molecule has 0 spiro atoms. The van der Waals surface area contributed by atoms with E-state index in [0.29, 0.717) is 0 Å². The zero-order chi connectivity index (χ0) is 5.15. The largest absolute Gasteiger partial charge is 0.371 e. The first-order valence-corrected chi connectivity index (χ1v) is 2.03. The van der Waals surface area contributed by atoms with Crippen LogP contribution in [-0.4, -0.2) is 4.33 Å². The average Bonchev–Trinajstić information content (AvgIpc) is 1.36. The van der Waals surface area contributed by atoms with Gasteiger partial charge in [0.25, 0.3) is 0 Å². The van der Waals surface area contributed by atoms with Crippen molar-refractivity contribution in [2.75, 3.05) is 0 Å². The summed E-state index contributed by atoms with van der Waals surface area (Å²) in [6.07, 6.45) is 0. The van der Waals surface area contributed by atoms with Crippen LogP contribution < -0.4 is 0 Å². The minimum atomic E-state index is -2.65. The van der Waals surface area contributed by atoms with Crippen molar-refractivity contribution in [2.24, 2.45) is 0 Å². The number of hydrogen-bond donors (Lipinski definition) is 1. The van der Waals surface area contributed by atoms with Gasteiger partial charge in [-0.3, -0.25) is 10.1 Å². The molecule has 0 unspecified atom stereocenters. The van der Waals surface area contributed by atoms with E-state index in [0.717, 1.165) is 0 Å². The molecular weight excluding hydrogens is 108 g/mol. The number of hydrogen-bond acceptors (Lipinski definition) is 5. The van der Waals surface area contributed by atoms with Crippen LogP contribution in [0.5, 0.6) is 0 Å². The topological polar surface area (TPSA) is 84.1 Å². The molecule has 6 heteroatoms. The highest BCUT2D eigenvalue weighted by molar-refractivity contribution is 7.66. The Kier molecular flexibility index (Phi) is 1.52. The maximum Gasteiger partial charge on any atom is 0.142 e. The molecule has 0 heterocycles. The molecule has 0 aliphatic carbocycles. The first kappa shape index (κ1) is 5.35. The molecule has 0 aliphatic rings. The van der Waals surface area contributed by atoms with Gasteiger partial charge in [-0.05, 0) is 4.33 Å². The van der Waals surface area contributed by atoms with Crippen molar-refractivity contribution in [1.82, 2.24) is 0 Å². The molecule has 0 bridgehead atoms. The van der Waals surface area contributed by atoms with Crippen molar-refractivity contribution >= 4 is 10.8 Å². The standard InChI is InChI=1S/HN2O3S/c1-6(5)2(3)4/h1H/q-1. The van der Waals surface area contributed by atoms with E-state index in [2.05, 4.69) is 0 Å². The minimum Gasteiger partial charge on any atom is -0.371 e. The molecule has 36 valence electrons. The van der Waals surface area contributed by atoms with E-state index in [1.54, 1.807) is 0 Å². The van der Waals surface area contributed by atoms with Crippen LogP contribution in [0.2, 0.25) is 0 Å². The van der Waals surface area contributed by atoms with Gasteiger partial charge in [0, 0.05) is 0 Å². The van der Waals surface area contributed by atoms with E-state index in [1.807, 2.05) is 0 Å². The predicted molar refractivity (Wildman–Crippen MR) is 17.8 cm³/mol. The summed E-state index contributed by atoms with van der Waals surface area (Å²) in [7, 11) is -2.65. The fraction of sp³-hybridized carbons (Fsp3) is 0. The number of nitrogens with one attached hydrogen (secondary N) is 1. The van der Waals surface area contributed by atoms with Crippen molar-refractivity contribution in [3.8, 4) is 0 Å². The molecule has 0 aromatic rings. The second-order valence-electron chi connectivity index (χ2n) is 0.473. The van der Waals surface area contributed by atoms with Gasteiger partial charge in [-0.25, -0.2) is 0 Å². The highest BCUT2D eigenvalue weighted by Gasteiger charge is 1.69. The van der Waals surface area contributed by atoms with Crippen LogP contribution in [0.4, 0.5) is 0 Å². The Hall–Kier alpha value is -0.650. The second-order valence-corrected chi connectivity index (χ2v) is 1.27. The highest BCUT2D eigenvalue weighted by atomic mass is 32.2. The molecule has 0 rings (SSSR count). The van der Waals surface area contributed by atoms with Crippen LogP contribution in [-0.2, 0) is 15.0 Å². The SMILES string of the molecule is N=[S-](=O)[N+](=O)[O-]. The van der Waals surface area contributed by atoms with E-state index in [9.17, 15) is 4.21 Å². The molecule has 0 atom stereocenters. The lowest BCUT2D eigenvalue weighted by atomic mass is 13.4. The zero-order valence-corrected chi connectivity index (χ0v) is 3.40. The van der Waals surface area contributed by atoms with Gasteiger partial charge in [0.1, 0.15) is 10.8 Å². The van der Waals surface area contributed by atoms with Crippen molar-refractivity contribution in [3.05, 3.63) is 10.1 Å². The maximum atomic E-state index is 9.22. The second kappa shape index (κ2) is 1.71. The summed E-state index contributed by atoms with van der Waals surface area (Å²) in [6, 6.07) is 0. The lowest BCUT2D eigenvalue weighted by Gasteiger charge is -1.80. The zero-order valence-electron chi connectivity index (χ0n) is 2.58. The normalized spacial score (nSPS) is 8.83. The van der Waals surface area contributed by atoms with Crippen molar-refractivity contribution in [2.45, 2.75) is 0 Å². The lowest BCUT2D eigenvalue weighted by molar-refractivity contribution is -0.294. The Morgan fingerprint density at radius 1 is 1.83 bits per heavy atom. The van der Waals surface area contributed by atoms with Crippen molar-refractivity contribution < 1.29 is 8.54 Å². The Morgan fingerprint density at radius 2 is 2.00 bits per heavy atom. The van der Waals surface area contributed by atoms with Crippen molar-refractivity contribution in [1.29, 1.82) is 4.78 Å². The predicted octanol–water partition coefficient (Wildman–Crippen LogP) is -0.0957. The summed E-state index contributed by atoms with van der Waals surface area (Å²) < 4.78 is 13.8. The molecule has 0 saturated heterocycles. The van der Waals surface area contributed by atoms with Crippen LogP contribution in [0.15, 0.2) is 0 Å². The third-order valence-corrected chi connectivity index (χ3v) is 0.406. The quantitative estimate of drug-likeness (QED) is 0.290. The van der Waals surface area contributed by atoms with E-state index in [4.69, 9.17) is 14.9 Å². The third kappa shape index (κ3) is 1.65. The molecule has 0 aromatic carbocycles. The molecule has 0 radical (unpaired) electrons. The first-order valence-electron chi connectivity index (χ1n) is 0.919. The van der Waals surface area contributed by atoms with Gasteiger partial charge >= 0.3 is 0 Å². The Labute approximate surface area is 35.3 Å². The van der Waals surface area contributed by atoms with E-state index < -0.39 is 15.1 Å². The molecule has 1 N–H and O–H groups in total. The Balaban J connectivity index is 3.94. The molecule has 6 heavy (non-hydrogen) atoms. The van der Waals surface area contributed by atoms with E-state index >= 15 is 0 Å². The van der Waals surface area contributed by atoms with E-state index in [1.165, 1.54) is 0 Å². The van der Waals surface area contributed by atoms with Gasteiger partial charge in [0.2, 0.25) is 0 Å². The summed E-state index contributed by atoms with van der Waals surface area (Å²) in [6.45, 7) is 0. The fourth-order valence-electron chi connectivity index (χ4n) is 0. The van der Waals surface area contributed by atoms with Crippen LogP contribution in [0.3, 0.4) is 0 Å². The molecule has 0 amide bonds. The summed E-state index contributed by atoms with van der Waals surface area (Å²) >= 11 is 0. The number of rotatable bonds is 1. The molecular formula is HN2O3S-. The highest BCUT2D eigenvalue weighted by Crippen LogP contribution is 1.61. The maximum absolute atomic E-state index is 9.22. The minimum absolute atomic E-state index is 1.19. The van der Waals surface area contributed by atoms with Crippen LogP contribution >= 0.6 is 0 Å². The molecule has 0 aromatic heterocycles. The molecule has 0 aliphatic heterocycles. The Bertz CT molecular complexity index is 115. The molecule has 5 nitrogen and oxygen atoms in total. The van der Waals surface area contributed by atoms with Gasteiger partial charge in [-0.1, -0.05) is 0 Å². The van der Waals surface area contributed by atoms with Gasteiger partial charge < -0.3 is 8.99 Å². The monoisotopic (exact) mass is 109 g/mol. The Morgan fingerprint density at radius 3 is 2.00 bits per heavy atom. The van der Waals surface area contributed by atoms with Gasteiger partial charge in [0.05, 0.1) is 0 Å². The van der Waals surface area contributed by atoms with Gasteiger partial charge in [-0.2, -0.15) is 0 Å². The van der Waals surface area contributed by atoms with Crippen LogP contribution in [0, 0.1) is 14.9 Å². The number of nitrogens with zero attached hydrogens (tertiary/aromatic N) is 1. The first-order chi connectivity index (χ1) is 2.64. The number of nitro groups is 1. The molecule has 0 saturated carbocycles. The lowest BCUT2D eigenvalue weighted by Crippen LogP contribution is -1.87. The summed E-state index contributed by atoms with van der Waals surface area (Å²) in [5.74, 6) is 0. The fourth-order valence-corrected chi connectivity index (χ4v) is 0. The third-order valence-electron chi connectivity index (χ3n) is 0.135.